The lowest BCUT2D eigenvalue weighted by molar-refractivity contribution is 0.0212. The second kappa shape index (κ2) is 2.23. The molecule has 0 spiro atoms. The van der Waals surface area contributed by atoms with Gasteiger partial charge in [0.25, 0.3) is 0 Å². The van der Waals surface area contributed by atoms with Gasteiger partial charge in [0.1, 0.15) is 6.67 Å². The molecule has 1 fully saturated rings. The first-order valence-corrected chi connectivity index (χ1v) is 3.20. The summed E-state index contributed by atoms with van der Waals surface area (Å²) < 4.78 is 12.0. The highest BCUT2D eigenvalue weighted by Crippen LogP contribution is 2.28. The molecule has 1 aliphatic carbocycles. The van der Waals surface area contributed by atoms with Crippen molar-refractivity contribution in [2.75, 3.05) is 6.67 Å². The lowest BCUT2D eigenvalue weighted by Gasteiger charge is -2.16. The van der Waals surface area contributed by atoms with E-state index in [0.717, 1.165) is 6.42 Å². The molecule has 0 aromatic heterocycles. The van der Waals surface area contributed by atoms with Gasteiger partial charge in [-0.1, -0.05) is 0 Å². The average molecular weight is 133 g/mol. The van der Waals surface area contributed by atoms with Gasteiger partial charge in [-0.15, -0.1) is 0 Å². The van der Waals surface area contributed by atoms with Gasteiger partial charge < -0.3 is 10.8 Å². The van der Waals surface area contributed by atoms with Gasteiger partial charge in [0.2, 0.25) is 0 Å². The van der Waals surface area contributed by atoms with E-state index in [1.807, 2.05) is 0 Å². The van der Waals surface area contributed by atoms with E-state index in [9.17, 15) is 9.50 Å². The fourth-order valence-electron chi connectivity index (χ4n) is 1.27. The summed E-state index contributed by atoms with van der Waals surface area (Å²) in [6.45, 7) is -0.652. The molecule has 1 aliphatic rings. The van der Waals surface area contributed by atoms with E-state index in [1.54, 1.807) is 0 Å². The predicted octanol–water partition coefficient (Wildman–Crippen LogP) is 0.198. The second-order valence-corrected chi connectivity index (χ2v) is 2.86. The Bertz CT molecular complexity index is 109. The van der Waals surface area contributed by atoms with Gasteiger partial charge in [-0.05, 0) is 19.3 Å². The standard InChI is InChI=1S/C6H12FNO/c7-4-6(9)2-1-5(8)3-6/h5,9H,1-4,8H2/t5-,6?/m1/s1. The van der Waals surface area contributed by atoms with Crippen molar-refractivity contribution in [3.05, 3.63) is 0 Å². The highest BCUT2D eigenvalue weighted by Gasteiger charge is 2.35. The van der Waals surface area contributed by atoms with Crippen LogP contribution in [0.5, 0.6) is 0 Å². The van der Waals surface area contributed by atoms with Crippen LogP contribution in [0.4, 0.5) is 4.39 Å². The van der Waals surface area contributed by atoms with Crippen LogP contribution in [0.15, 0.2) is 0 Å². The minimum absolute atomic E-state index is 0.00532. The molecule has 0 saturated heterocycles. The molecule has 2 atom stereocenters. The van der Waals surface area contributed by atoms with Crippen molar-refractivity contribution in [3.63, 3.8) is 0 Å². The normalized spacial score (nSPS) is 43.7. The number of hydrogen-bond acceptors (Lipinski definition) is 2. The molecule has 3 N–H and O–H groups in total. The molecule has 1 rings (SSSR count). The second-order valence-electron chi connectivity index (χ2n) is 2.86. The number of halogens is 1. The van der Waals surface area contributed by atoms with Gasteiger partial charge in [-0.3, -0.25) is 0 Å². The van der Waals surface area contributed by atoms with E-state index in [1.165, 1.54) is 0 Å². The van der Waals surface area contributed by atoms with Gasteiger partial charge in [0, 0.05) is 6.04 Å². The van der Waals surface area contributed by atoms with Crippen LogP contribution >= 0.6 is 0 Å². The molecule has 0 radical (unpaired) electrons. The molecule has 2 nitrogen and oxygen atoms in total. The van der Waals surface area contributed by atoms with Gasteiger partial charge >= 0.3 is 0 Å². The van der Waals surface area contributed by atoms with Crippen LogP contribution < -0.4 is 5.73 Å². The van der Waals surface area contributed by atoms with E-state index in [0.29, 0.717) is 12.8 Å². The molecule has 0 aliphatic heterocycles. The summed E-state index contributed by atoms with van der Waals surface area (Å²) in [4.78, 5) is 0. The molecule has 0 bridgehead atoms. The van der Waals surface area contributed by atoms with E-state index in [4.69, 9.17) is 5.73 Å². The van der Waals surface area contributed by atoms with E-state index in [-0.39, 0.29) is 6.04 Å². The summed E-state index contributed by atoms with van der Waals surface area (Å²) in [5, 5.41) is 9.22. The zero-order valence-corrected chi connectivity index (χ0v) is 5.31. The molecule has 54 valence electrons. The SMILES string of the molecule is N[C@@H]1CCC(O)(CF)C1. The Kier molecular flexibility index (Phi) is 1.73. The van der Waals surface area contributed by atoms with Crippen molar-refractivity contribution < 1.29 is 9.50 Å². The number of rotatable bonds is 1. The highest BCUT2D eigenvalue weighted by atomic mass is 19.1. The minimum Gasteiger partial charge on any atom is -0.387 e. The van der Waals surface area contributed by atoms with Crippen molar-refractivity contribution in [2.45, 2.75) is 30.9 Å². The summed E-state index contributed by atoms with van der Waals surface area (Å²) in [5.41, 5.74) is 4.38. The van der Waals surface area contributed by atoms with Crippen LogP contribution in [0.2, 0.25) is 0 Å². The third kappa shape index (κ3) is 1.40. The summed E-state index contributed by atoms with van der Waals surface area (Å²) in [6.07, 6.45) is 1.69. The van der Waals surface area contributed by atoms with E-state index < -0.39 is 12.3 Å². The van der Waals surface area contributed by atoms with Crippen molar-refractivity contribution in [1.82, 2.24) is 0 Å². The first-order chi connectivity index (χ1) is 4.16. The molecule has 0 aromatic carbocycles. The van der Waals surface area contributed by atoms with Gasteiger partial charge in [0.15, 0.2) is 0 Å². The molecule has 1 unspecified atom stereocenters. The Hall–Kier alpha value is -0.150. The van der Waals surface area contributed by atoms with Crippen LogP contribution in [0, 0.1) is 0 Å². The molecular weight excluding hydrogens is 121 g/mol. The molecule has 0 heterocycles. The quantitative estimate of drug-likeness (QED) is 0.536. The molecule has 0 aromatic rings. The topological polar surface area (TPSA) is 46.2 Å². The maximum absolute atomic E-state index is 12.0. The Morgan fingerprint density at radius 1 is 1.78 bits per heavy atom. The Morgan fingerprint density at radius 2 is 2.44 bits per heavy atom. The fraction of sp³-hybridized carbons (Fsp3) is 1.00. The van der Waals surface area contributed by atoms with Gasteiger partial charge in [-0.25, -0.2) is 4.39 Å². The third-order valence-corrected chi connectivity index (χ3v) is 1.87. The van der Waals surface area contributed by atoms with Crippen molar-refractivity contribution in [3.8, 4) is 0 Å². The summed E-state index contributed by atoms with van der Waals surface area (Å²) in [7, 11) is 0. The number of nitrogens with two attached hydrogens (primary N) is 1. The number of alkyl halides is 1. The maximum atomic E-state index is 12.0. The van der Waals surface area contributed by atoms with Crippen molar-refractivity contribution in [2.24, 2.45) is 5.73 Å². The summed E-state index contributed by atoms with van der Waals surface area (Å²) >= 11 is 0. The minimum atomic E-state index is -1.08. The molecular formula is C6H12FNO. The van der Waals surface area contributed by atoms with E-state index >= 15 is 0 Å². The average Bonchev–Trinajstić information content (AvgIpc) is 2.13. The summed E-state index contributed by atoms with van der Waals surface area (Å²) in [6, 6.07) is 0.00532. The van der Waals surface area contributed by atoms with Gasteiger partial charge in [0.05, 0.1) is 5.60 Å². The van der Waals surface area contributed by atoms with Crippen LogP contribution in [0.1, 0.15) is 19.3 Å². The molecule has 0 amide bonds. The van der Waals surface area contributed by atoms with E-state index in [2.05, 4.69) is 0 Å². The monoisotopic (exact) mass is 133 g/mol. The largest absolute Gasteiger partial charge is 0.387 e. The Labute approximate surface area is 53.9 Å². The zero-order chi connectivity index (χ0) is 6.91. The zero-order valence-electron chi connectivity index (χ0n) is 5.31. The Balaban J connectivity index is 2.45. The lowest BCUT2D eigenvalue weighted by Crippen LogP contribution is -2.29. The van der Waals surface area contributed by atoms with Crippen molar-refractivity contribution in [1.29, 1.82) is 0 Å². The fourth-order valence-corrected chi connectivity index (χ4v) is 1.27. The molecule has 1 saturated carbocycles. The van der Waals surface area contributed by atoms with Gasteiger partial charge in [-0.2, -0.15) is 0 Å². The van der Waals surface area contributed by atoms with Crippen LogP contribution in [-0.2, 0) is 0 Å². The number of hydrogen-bond donors (Lipinski definition) is 2. The molecule has 3 heteroatoms. The van der Waals surface area contributed by atoms with Crippen LogP contribution in [0.25, 0.3) is 0 Å². The first-order valence-electron chi connectivity index (χ1n) is 3.20. The smallest absolute Gasteiger partial charge is 0.118 e. The summed E-state index contributed by atoms with van der Waals surface area (Å²) in [5.74, 6) is 0. The van der Waals surface area contributed by atoms with Crippen LogP contribution in [0.3, 0.4) is 0 Å². The lowest BCUT2D eigenvalue weighted by atomic mass is 10.1. The highest BCUT2D eigenvalue weighted by molar-refractivity contribution is 4.90. The predicted molar refractivity (Wildman–Crippen MR) is 32.8 cm³/mol. The van der Waals surface area contributed by atoms with Crippen molar-refractivity contribution >= 4 is 0 Å². The Morgan fingerprint density at radius 3 is 2.67 bits per heavy atom. The third-order valence-electron chi connectivity index (χ3n) is 1.87. The maximum Gasteiger partial charge on any atom is 0.118 e. The molecule has 9 heavy (non-hydrogen) atoms. The van der Waals surface area contributed by atoms with Crippen LogP contribution in [-0.4, -0.2) is 23.4 Å². The first kappa shape index (κ1) is 6.96. The number of aliphatic hydroxyl groups is 1.